The first-order chi connectivity index (χ1) is 13.0. The number of nitrogens with one attached hydrogen (secondary N) is 1. The molecule has 0 spiro atoms. The van der Waals surface area contributed by atoms with Gasteiger partial charge < -0.3 is 15.1 Å². The Morgan fingerprint density at radius 1 is 1.07 bits per heavy atom. The Morgan fingerprint density at radius 2 is 1.81 bits per heavy atom. The molecular weight excluding hydrogens is 364 g/mol. The highest BCUT2D eigenvalue weighted by Crippen LogP contribution is 2.22. The Hall–Kier alpha value is -2.88. The predicted octanol–water partition coefficient (Wildman–Crippen LogP) is 1.06. The van der Waals surface area contributed by atoms with E-state index in [1.54, 1.807) is 4.40 Å². The second-order valence-electron chi connectivity index (χ2n) is 6.28. The summed E-state index contributed by atoms with van der Waals surface area (Å²) in [4.78, 5) is 24.8. The van der Waals surface area contributed by atoms with Crippen LogP contribution in [0.25, 0.3) is 5.78 Å². The standard InChI is InChI=1S/C17H22N8OS/c1-23(2)14-19-15-21-22-17(25(15)16(20-14)24(3)4)27-11-13(26)18-10-12-8-6-5-7-9-12/h5-9H,10-11H2,1-4H3,(H,18,26). The third kappa shape index (κ3) is 4.45. The molecule has 0 saturated carbocycles. The highest BCUT2D eigenvalue weighted by Gasteiger charge is 2.17. The molecule has 0 aliphatic heterocycles. The summed E-state index contributed by atoms with van der Waals surface area (Å²) in [7, 11) is 7.52. The van der Waals surface area contributed by atoms with Crippen LogP contribution in [0.1, 0.15) is 5.56 Å². The van der Waals surface area contributed by atoms with Gasteiger partial charge in [-0.15, -0.1) is 10.2 Å². The number of benzene rings is 1. The van der Waals surface area contributed by atoms with E-state index in [0.717, 1.165) is 5.56 Å². The van der Waals surface area contributed by atoms with Gasteiger partial charge >= 0.3 is 0 Å². The van der Waals surface area contributed by atoms with Gasteiger partial charge in [0.25, 0.3) is 5.78 Å². The van der Waals surface area contributed by atoms with E-state index in [1.807, 2.05) is 68.3 Å². The van der Waals surface area contributed by atoms with Crippen LogP contribution in [0.4, 0.5) is 11.9 Å². The molecule has 2 aromatic heterocycles. The third-order valence-electron chi connectivity index (χ3n) is 3.68. The molecule has 0 fully saturated rings. The van der Waals surface area contributed by atoms with Crippen molar-refractivity contribution in [2.45, 2.75) is 11.7 Å². The van der Waals surface area contributed by atoms with Crippen LogP contribution in [0, 0.1) is 0 Å². The van der Waals surface area contributed by atoms with Crippen LogP contribution in [-0.2, 0) is 11.3 Å². The Morgan fingerprint density at radius 3 is 2.48 bits per heavy atom. The lowest BCUT2D eigenvalue weighted by Gasteiger charge is -2.17. The van der Waals surface area contributed by atoms with Crippen molar-refractivity contribution in [3.05, 3.63) is 35.9 Å². The van der Waals surface area contributed by atoms with Gasteiger partial charge in [-0.1, -0.05) is 42.1 Å². The number of hydrogen-bond acceptors (Lipinski definition) is 8. The molecule has 1 aromatic carbocycles. The molecule has 3 rings (SSSR count). The molecule has 10 heteroatoms. The summed E-state index contributed by atoms with van der Waals surface area (Å²) in [5, 5.41) is 11.8. The number of aromatic nitrogens is 5. The number of hydrogen-bond donors (Lipinski definition) is 1. The van der Waals surface area contributed by atoms with Crippen molar-refractivity contribution in [1.29, 1.82) is 0 Å². The minimum absolute atomic E-state index is 0.0714. The lowest BCUT2D eigenvalue weighted by Crippen LogP contribution is -2.24. The third-order valence-corrected chi connectivity index (χ3v) is 4.61. The molecule has 27 heavy (non-hydrogen) atoms. The van der Waals surface area contributed by atoms with Crippen molar-refractivity contribution >= 4 is 35.3 Å². The molecule has 1 N–H and O–H groups in total. The van der Waals surface area contributed by atoms with Crippen LogP contribution in [0.2, 0.25) is 0 Å². The van der Waals surface area contributed by atoms with E-state index >= 15 is 0 Å². The SMILES string of the molecule is CN(C)c1nc(N(C)C)n2c(SCC(=O)NCc3ccccc3)nnc2n1. The van der Waals surface area contributed by atoms with Crippen LogP contribution in [-0.4, -0.2) is 64.4 Å². The molecule has 2 heterocycles. The van der Waals surface area contributed by atoms with E-state index in [2.05, 4.69) is 25.5 Å². The van der Waals surface area contributed by atoms with Crippen molar-refractivity contribution in [1.82, 2.24) is 29.9 Å². The molecular formula is C17H22N8OS. The molecule has 0 bridgehead atoms. The van der Waals surface area contributed by atoms with Crippen LogP contribution >= 0.6 is 11.8 Å². The summed E-state index contributed by atoms with van der Waals surface area (Å²) in [6.07, 6.45) is 0. The van der Waals surface area contributed by atoms with Crippen LogP contribution in [0.5, 0.6) is 0 Å². The molecule has 0 aliphatic rings. The number of fused-ring (bicyclic) bond motifs is 1. The Kier molecular flexibility index (Phi) is 5.75. The Labute approximate surface area is 161 Å². The zero-order chi connectivity index (χ0) is 19.4. The highest BCUT2D eigenvalue weighted by molar-refractivity contribution is 7.99. The monoisotopic (exact) mass is 386 g/mol. The van der Waals surface area contributed by atoms with Crippen molar-refractivity contribution in [2.75, 3.05) is 43.7 Å². The Balaban J connectivity index is 1.72. The van der Waals surface area contributed by atoms with Gasteiger partial charge in [0.15, 0.2) is 5.16 Å². The molecule has 1 amide bonds. The van der Waals surface area contributed by atoms with Crippen molar-refractivity contribution < 1.29 is 4.79 Å². The summed E-state index contributed by atoms with van der Waals surface area (Å²) in [6, 6.07) is 9.79. The number of thioether (sulfide) groups is 1. The van der Waals surface area contributed by atoms with E-state index in [0.29, 0.717) is 29.4 Å². The molecule has 0 saturated heterocycles. The summed E-state index contributed by atoms with van der Waals surface area (Å²) in [5.41, 5.74) is 1.06. The molecule has 0 atom stereocenters. The molecule has 142 valence electrons. The number of rotatable bonds is 7. The van der Waals surface area contributed by atoms with Crippen LogP contribution in [0.3, 0.4) is 0 Å². The first kappa shape index (κ1) is 18.9. The largest absolute Gasteiger partial charge is 0.351 e. The molecule has 0 aliphatic carbocycles. The van der Waals surface area contributed by atoms with Crippen LogP contribution in [0.15, 0.2) is 35.5 Å². The molecule has 9 nitrogen and oxygen atoms in total. The van der Waals surface area contributed by atoms with Gasteiger partial charge in [0, 0.05) is 34.7 Å². The fourth-order valence-corrected chi connectivity index (χ4v) is 3.09. The highest BCUT2D eigenvalue weighted by atomic mass is 32.2. The van der Waals surface area contributed by atoms with Gasteiger partial charge in [-0.2, -0.15) is 9.97 Å². The molecule has 0 radical (unpaired) electrons. The van der Waals surface area contributed by atoms with Gasteiger partial charge in [-0.3, -0.25) is 4.79 Å². The summed E-state index contributed by atoms with van der Waals surface area (Å²) >= 11 is 1.30. The summed E-state index contributed by atoms with van der Waals surface area (Å²) in [5.74, 6) is 1.81. The molecule has 0 unspecified atom stereocenters. The van der Waals surface area contributed by atoms with E-state index in [1.165, 1.54) is 11.8 Å². The second-order valence-corrected chi connectivity index (χ2v) is 7.22. The van der Waals surface area contributed by atoms with Gasteiger partial charge in [-0.25, -0.2) is 4.40 Å². The van der Waals surface area contributed by atoms with E-state index in [4.69, 9.17) is 0 Å². The minimum Gasteiger partial charge on any atom is -0.351 e. The maximum atomic E-state index is 12.2. The number of carbonyl (C=O) groups excluding carboxylic acids is 1. The predicted molar refractivity (Wildman–Crippen MR) is 106 cm³/mol. The first-order valence-corrected chi connectivity index (χ1v) is 9.35. The fourth-order valence-electron chi connectivity index (χ4n) is 2.33. The maximum Gasteiger partial charge on any atom is 0.261 e. The summed E-state index contributed by atoms with van der Waals surface area (Å²) in [6.45, 7) is 0.499. The summed E-state index contributed by atoms with van der Waals surface area (Å²) < 4.78 is 1.75. The number of amides is 1. The zero-order valence-corrected chi connectivity index (χ0v) is 16.6. The topological polar surface area (TPSA) is 91.6 Å². The van der Waals surface area contributed by atoms with Crippen molar-refractivity contribution in [3.8, 4) is 0 Å². The quantitative estimate of drug-likeness (QED) is 0.603. The van der Waals surface area contributed by atoms with Crippen molar-refractivity contribution in [3.63, 3.8) is 0 Å². The lowest BCUT2D eigenvalue weighted by molar-refractivity contribution is -0.118. The number of carbonyl (C=O) groups is 1. The zero-order valence-electron chi connectivity index (χ0n) is 15.7. The van der Waals surface area contributed by atoms with Crippen molar-refractivity contribution in [2.24, 2.45) is 0 Å². The lowest BCUT2D eigenvalue weighted by atomic mass is 10.2. The molecule has 3 aromatic rings. The van der Waals surface area contributed by atoms with Gasteiger partial charge in [-0.05, 0) is 5.56 Å². The van der Waals surface area contributed by atoms with E-state index < -0.39 is 0 Å². The maximum absolute atomic E-state index is 12.2. The van der Waals surface area contributed by atoms with Crippen LogP contribution < -0.4 is 15.1 Å². The van der Waals surface area contributed by atoms with Gasteiger partial charge in [0.05, 0.1) is 5.75 Å². The Bertz CT molecular complexity index is 925. The number of nitrogens with zero attached hydrogens (tertiary/aromatic N) is 7. The minimum atomic E-state index is -0.0714. The van der Waals surface area contributed by atoms with Gasteiger partial charge in [0.1, 0.15) is 0 Å². The average Bonchev–Trinajstić information content (AvgIpc) is 3.07. The first-order valence-electron chi connectivity index (χ1n) is 8.37. The normalized spacial score (nSPS) is 10.8. The smallest absolute Gasteiger partial charge is 0.261 e. The van der Waals surface area contributed by atoms with E-state index in [-0.39, 0.29) is 11.7 Å². The van der Waals surface area contributed by atoms with E-state index in [9.17, 15) is 4.79 Å². The number of anilines is 2. The van der Waals surface area contributed by atoms with Gasteiger partial charge in [0.2, 0.25) is 17.8 Å². The average molecular weight is 386 g/mol. The second kappa shape index (κ2) is 8.21. The fraction of sp³-hybridized carbons (Fsp3) is 0.353.